The molecule has 1 heterocycles. The minimum absolute atomic E-state index is 0.217. The predicted octanol–water partition coefficient (Wildman–Crippen LogP) is 1.33. The third kappa shape index (κ3) is 5.49. The van der Waals surface area contributed by atoms with Crippen LogP contribution in [-0.4, -0.2) is 27.9 Å². The molecule has 1 rings (SSSR count). The normalized spacial score (nSPS) is 11.5. The molecule has 1 N–H and O–H groups in total. The number of ether oxygens (including phenoxy) is 1. The Morgan fingerprint density at radius 2 is 2.24 bits per heavy atom. The first-order valence-corrected chi connectivity index (χ1v) is 5.84. The van der Waals surface area contributed by atoms with Crippen LogP contribution in [0.3, 0.4) is 0 Å². The molecular weight excluding hydrogens is 218 g/mol. The SMILES string of the molecule is CCn1cc(CNCC(=O)OC(C)(C)C)cn1. The highest BCUT2D eigenvalue weighted by atomic mass is 16.6. The summed E-state index contributed by atoms with van der Waals surface area (Å²) in [5.41, 5.74) is 0.640. The zero-order chi connectivity index (χ0) is 12.9. The van der Waals surface area contributed by atoms with Crippen LogP contribution < -0.4 is 5.32 Å². The van der Waals surface area contributed by atoms with Gasteiger partial charge in [-0.05, 0) is 27.7 Å². The number of carbonyl (C=O) groups is 1. The summed E-state index contributed by atoms with van der Waals surface area (Å²) in [7, 11) is 0. The number of carbonyl (C=O) groups excluding carboxylic acids is 1. The van der Waals surface area contributed by atoms with Gasteiger partial charge in [-0.3, -0.25) is 9.48 Å². The van der Waals surface area contributed by atoms with Gasteiger partial charge in [-0.2, -0.15) is 5.10 Å². The van der Waals surface area contributed by atoms with Crippen molar-refractivity contribution < 1.29 is 9.53 Å². The summed E-state index contributed by atoms with van der Waals surface area (Å²) in [4.78, 5) is 11.4. The minimum Gasteiger partial charge on any atom is -0.459 e. The van der Waals surface area contributed by atoms with E-state index >= 15 is 0 Å². The van der Waals surface area contributed by atoms with Gasteiger partial charge in [0.1, 0.15) is 5.60 Å². The van der Waals surface area contributed by atoms with Crippen molar-refractivity contribution >= 4 is 5.97 Å². The van der Waals surface area contributed by atoms with Crippen LogP contribution in [0.5, 0.6) is 0 Å². The summed E-state index contributed by atoms with van der Waals surface area (Å²) in [6.07, 6.45) is 3.76. The smallest absolute Gasteiger partial charge is 0.320 e. The van der Waals surface area contributed by atoms with Gasteiger partial charge in [0.25, 0.3) is 0 Å². The fourth-order valence-corrected chi connectivity index (χ4v) is 1.36. The van der Waals surface area contributed by atoms with E-state index in [-0.39, 0.29) is 12.5 Å². The summed E-state index contributed by atoms with van der Waals surface area (Å²) in [6, 6.07) is 0. The molecule has 0 amide bonds. The zero-order valence-electron chi connectivity index (χ0n) is 11.0. The van der Waals surface area contributed by atoms with Crippen LogP contribution in [0.25, 0.3) is 0 Å². The molecule has 0 unspecified atom stereocenters. The second-order valence-electron chi connectivity index (χ2n) is 4.89. The highest BCUT2D eigenvalue weighted by Crippen LogP contribution is 2.06. The average molecular weight is 239 g/mol. The Labute approximate surface area is 102 Å². The van der Waals surface area contributed by atoms with Crippen molar-refractivity contribution in [2.45, 2.75) is 46.4 Å². The first kappa shape index (κ1) is 13.7. The Bertz CT molecular complexity index is 366. The maximum Gasteiger partial charge on any atom is 0.320 e. The van der Waals surface area contributed by atoms with Crippen LogP contribution in [-0.2, 0) is 22.6 Å². The van der Waals surface area contributed by atoms with E-state index in [0.29, 0.717) is 6.54 Å². The Morgan fingerprint density at radius 3 is 2.76 bits per heavy atom. The maximum absolute atomic E-state index is 11.4. The third-order valence-electron chi connectivity index (χ3n) is 2.03. The van der Waals surface area contributed by atoms with Gasteiger partial charge in [-0.15, -0.1) is 0 Å². The quantitative estimate of drug-likeness (QED) is 0.788. The molecule has 96 valence electrons. The highest BCUT2D eigenvalue weighted by molar-refractivity contribution is 5.72. The molecule has 0 atom stereocenters. The van der Waals surface area contributed by atoms with Crippen LogP contribution in [0.2, 0.25) is 0 Å². The van der Waals surface area contributed by atoms with E-state index in [1.807, 2.05) is 38.6 Å². The largest absolute Gasteiger partial charge is 0.459 e. The lowest BCUT2D eigenvalue weighted by molar-refractivity contribution is -0.153. The summed E-state index contributed by atoms with van der Waals surface area (Å²) < 4.78 is 7.03. The number of hydrogen-bond acceptors (Lipinski definition) is 4. The molecule has 1 aromatic rings. The van der Waals surface area contributed by atoms with Crippen LogP contribution in [0.15, 0.2) is 12.4 Å². The zero-order valence-corrected chi connectivity index (χ0v) is 11.0. The topological polar surface area (TPSA) is 56.2 Å². The van der Waals surface area contributed by atoms with E-state index in [4.69, 9.17) is 4.74 Å². The number of aromatic nitrogens is 2. The summed E-state index contributed by atoms with van der Waals surface area (Å²) >= 11 is 0. The first-order chi connectivity index (χ1) is 7.90. The second-order valence-corrected chi connectivity index (χ2v) is 4.89. The molecular formula is C12H21N3O2. The van der Waals surface area contributed by atoms with Crippen molar-refractivity contribution in [3.05, 3.63) is 18.0 Å². The molecule has 5 heteroatoms. The van der Waals surface area contributed by atoms with Gasteiger partial charge in [0.05, 0.1) is 12.7 Å². The van der Waals surface area contributed by atoms with Crippen molar-refractivity contribution in [2.75, 3.05) is 6.54 Å². The summed E-state index contributed by atoms with van der Waals surface area (Å²) in [5.74, 6) is -0.236. The molecule has 17 heavy (non-hydrogen) atoms. The van der Waals surface area contributed by atoms with Crippen molar-refractivity contribution in [2.24, 2.45) is 0 Å². The van der Waals surface area contributed by atoms with E-state index in [9.17, 15) is 4.79 Å². The molecule has 0 spiro atoms. The Morgan fingerprint density at radius 1 is 1.53 bits per heavy atom. The van der Waals surface area contributed by atoms with Gasteiger partial charge >= 0.3 is 5.97 Å². The van der Waals surface area contributed by atoms with Crippen molar-refractivity contribution in [3.8, 4) is 0 Å². The molecule has 0 saturated carbocycles. The van der Waals surface area contributed by atoms with E-state index < -0.39 is 5.60 Å². The lowest BCUT2D eigenvalue weighted by atomic mass is 10.2. The average Bonchev–Trinajstić information content (AvgIpc) is 2.63. The minimum atomic E-state index is -0.425. The van der Waals surface area contributed by atoms with Gasteiger partial charge in [-0.1, -0.05) is 0 Å². The monoisotopic (exact) mass is 239 g/mol. The van der Waals surface area contributed by atoms with Crippen molar-refractivity contribution in [3.63, 3.8) is 0 Å². The van der Waals surface area contributed by atoms with E-state index in [0.717, 1.165) is 12.1 Å². The van der Waals surface area contributed by atoms with Gasteiger partial charge in [0, 0.05) is 24.8 Å². The second kappa shape index (κ2) is 5.82. The number of nitrogens with one attached hydrogen (secondary N) is 1. The summed E-state index contributed by atoms with van der Waals surface area (Å²) in [6.45, 7) is 9.30. The van der Waals surface area contributed by atoms with Crippen LogP contribution in [0, 0.1) is 0 Å². The van der Waals surface area contributed by atoms with E-state index in [1.54, 1.807) is 6.20 Å². The molecule has 0 aromatic carbocycles. The number of esters is 1. The first-order valence-electron chi connectivity index (χ1n) is 5.84. The molecule has 0 saturated heterocycles. The molecule has 0 aliphatic carbocycles. The van der Waals surface area contributed by atoms with Crippen molar-refractivity contribution in [1.29, 1.82) is 0 Å². The standard InChI is InChI=1S/C12H21N3O2/c1-5-15-9-10(7-14-15)6-13-8-11(16)17-12(2,3)4/h7,9,13H,5-6,8H2,1-4H3. The third-order valence-corrected chi connectivity index (χ3v) is 2.03. The molecule has 0 radical (unpaired) electrons. The van der Waals surface area contributed by atoms with Crippen LogP contribution >= 0.6 is 0 Å². The van der Waals surface area contributed by atoms with Crippen molar-refractivity contribution in [1.82, 2.24) is 15.1 Å². The van der Waals surface area contributed by atoms with E-state index in [2.05, 4.69) is 10.4 Å². The molecule has 0 aliphatic heterocycles. The Balaban J connectivity index is 2.26. The van der Waals surface area contributed by atoms with E-state index in [1.165, 1.54) is 0 Å². The van der Waals surface area contributed by atoms with Crippen LogP contribution in [0.1, 0.15) is 33.3 Å². The molecule has 1 aromatic heterocycles. The highest BCUT2D eigenvalue weighted by Gasteiger charge is 2.15. The van der Waals surface area contributed by atoms with Gasteiger partial charge < -0.3 is 10.1 Å². The predicted molar refractivity (Wildman–Crippen MR) is 65.5 cm³/mol. The fraction of sp³-hybridized carbons (Fsp3) is 0.667. The van der Waals surface area contributed by atoms with Crippen LogP contribution in [0.4, 0.5) is 0 Å². The molecule has 0 aliphatic rings. The lowest BCUT2D eigenvalue weighted by Crippen LogP contribution is -2.31. The van der Waals surface area contributed by atoms with Gasteiger partial charge in [0.2, 0.25) is 0 Å². The summed E-state index contributed by atoms with van der Waals surface area (Å²) in [5, 5.41) is 7.19. The fourth-order valence-electron chi connectivity index (χ4n) is 1.36. The number of nitrogens with zero attached hydrogens (tertiary/aromatic N) is 2. The maximum atomic E-state index is 11.4. The molecule has 5 nitrogen and oxygen atoms in total. The Hall–Kier alpha value is -1.36. The number of aryl methyl sites for hydroxylation is 1. The lowest BCUT2D eigenvalue weighted by Gasteiger charge is -2.19. The molecule has 0 bridgehead atoms. The Kier molecular flexibility index (Phi) is 4.69. The van der Waals surface area contributed by atoms with Gasteiger partial charge in [0.15, 0.2) is 0 Å². The van der Waals surface area contributed by atoms with Gasteiger partial charge in [-0.25, -0.2) is 0 Å². The number of rotatable bonds is 5. The number of hydrogen-bond donors (Lipinski definition) is 1. The molecule has 0 fully saturated rings.